The Bertz CT molecular complexity index is 533. The first-order chi connectivity index (χ1) is 10.9. The Morgan fingerprint density at radius 1 is 0.773 bits per heavy atom. The zero-order valence-corrected chi connectivity index (χ0v) is 12.8. The van der Waals surface area contributed by atoms with Gasteiger partial charge in [-0.05, 0) is 41.2 Å². The Morgan fingerprint density at radius 2 is 1.41 bits per heavy atom. The molecule has 4 nitrogen and oxygen atoms in total. The largest absolute Gasteiger partial charge is 0.298 e. The first kappa shape index (κ1) is 13.9. The molecule has 0 N–H and O–H groups in total. The number of pyridine rings is 2. The summed E-state index contributed by atoms with van der Waals surface area (Å²) in [5.74, 6) is 1.66. The second kappa shape index (κ2) is 6.15. The lowest BCUT2D eigenvalue weighted by molar-refractivity contribution is 0.246. The maximum atomic E-state index is 4.22. The van der Waals surface area contributed by atoms with Crippen molar-refractivity contribution in [2.45, 2.75) is 13.1 Å². The van der Waals surface area contributed by atoms with Gasteiger partial charge in [0.1, 0.15) is 0 Å². The van der Waals surface area contributed by atoms with Crippen LogP contribution in [0.4, 0.5) is 0 Å². The van der Waals surface area contributed by atoms with Crippen molar-refractivity contribution in [1.82, 2.24) is 19.8 Å². The number of aromatic nitrogens is 2. The van der Waals surface area contributed by atoms with Gasteiger partial charge in [-0.1, -0.05) is 6.07 Å². The summed E-state index contributed by atoms with van der Waals surface area (Å²) in [5, 5.41) is 0. The van der Waals surface area contributed by atoms with Crippen LogP contribution < -0.4 is 0 Å². The summed E-state index contributed by atoms with van der Waals surface area (Å²) in [5.41, 5.74) is 2.71. The average Bonchev–Trinajstić information content (AvgIpc) is 3.07. The van der Waals surface area contributed by atoms with E-state index in [1.54, 1.807) is 0 Å². The molecule has 4 rings (SSSR count). The van der Waals surface area contributed by atoms with Gasteiger partial charge in [0.15, 0.2) is 0 Å². The van der Waals surface area contributed by atoms with E-state index in [2.05, 4.69) is 38.0 Å². The molecule has 2 saturated heterocycles. The number of hydrogen-bond donors (Lipinski definition) is 0. The normalized spacial score (nSPS) is 25.5. The van der Waals surface area contributed by atoms with E-state index in [-0.39, 0.29) is 0 Å². The summed E-state index contributed by atoms with van der Waals surface area (Å²) in [4.78, 5) is 13.5. The second-order valence-electron chi connectivity index (χ2n) is 6.63. The smallest absolute Gasteiger partial charge is 0.0312 e. The molecule has 4 heteroatoms. The van der Waals surface area contributed by atoms with E-state index < -0.39 is 0 Å². The molecule has 2 aliphatic heterocycles. The molecule has 2 aromatic rings. The zero-order chi connectivity index (χ0) is 14.8. The third-order valence-electron chi connectivity index (χ3n) is 4.92. The van der Waals surface area contributed by atoms with Crippen LogP contribution in [0.15, 0.2) is 49.1 Å². The first-order valence-electron chi connectivity index (χ1n) is 8.09. The lowest BCUT2D eigenvalue weighted by atomic mass is 10.0. The molecule has 0 aliphatic carbocycles. The third-order valence-corrected chi connectivity index (χ3v) is 4.92. The van der Waals surface area contributed by atoms with Crippen molar-refractivity contribution in [2.24, 2.45) is 11.8 Å². The molecule has 22 heavy (non-hydrogen) atoms. The van der Waals surface area contributed by atoms with Crippen molar-refractivity contribution in [3.8, 4) is 0 Å². The Hall–Kier alpha value is -1.78. The second-order valence-corrected chi connectivity index (χ2v) is 6.63. The van der Waals surface area contributed by atoms with Crippen molar-refractivity contribution in [1.29, 1.82) is 0 Å². The van der Waals surface area contributed by atoms with Crippen LogP contribution in [0.25, 0.3) is 0 Å². The summed E-state index contributed by atoms with van der Waals surface area (Å²) < 4.78 is 0. The predicted octanol–water partition coefficient (Wildman–Crippen LogP) is 2.04. The Balaban J connectivity index is 1.31. The molecule has 2 aromatic heterocycles. The molecule has 0 aromatic carbocycles. The monoisotopic (exact) mass is 294 g/mol. The van der Waals surface area contributed by atoms with Gasteiger partial charge in [-0.15, -0.1) is 0 Å². The summed E-state index contributed by atoms with van der Waals surface area (Å²) in [7, 11) is 0. The highest BCUT2D eigenvalue weighted by molar-refractivity contribution is 5.11. The summed E-state index contributed by atoms with van der Waals surface area (Å²) in [6.45, 7) is 7.04. The van der Waals surface area contributed by atoms with Gasteiger partial charge < -0.3 is 0 Å². The van der Waals surface area contributed by atoms with Crippen LogP contribution in [0.3, 0.4) is 0 Å². The van der Waals surface area contributed by atoms with Crippen LogP contribution in [-0.2, 0) is 13.1 Å². The van der Waals surface area contributed by atoms with E-state index in [9.17, 15) is 0 Å². The maximum absolute atomic E-state index is 4.22. The van der Waals surface area contributed by atoms with Gasteiger partial charge in [0.05, 0.1) is 0 Å². The third kappa shape index (κ3) is 3.03. The van der Waals surface area contributed by atoms with Crippen LogP contribution in [-0.4, -0.2) is 45.9 Å². The highest BCUT2D eigenvalue weighted by Gasteiger charge is 2.39. The van der Waals surface area contributed by atoms with Crippen molar-refractivity contribution in [3.63, 3.8) is 0 Å². The highest BCUT2D eigenvalue weighted by Crippen LogP contribution is 2.32. The van der Waals surface area contributed by atoms with Gasteiger partial charge >= 0.3 is 0 Å². The molecule has 2 atom stereocenters. The molecule has 0 amide bonds. The molecule has 2 aliphatic rings. The van der Waals surface area contributed by atoms with E-state index >= 15 is 0 Å². The molecular formula is C18H22N4. The van der Waals surface area contributed by atoms with E-state index in [1.165, 1.54) is 37.3 Å². The quantitative estimate of drug-likeness (QED) is 0.864. The Labute approximate surface area is 131 Å². The predicted molar refractivity (Wildman–Crippen MR) is 86.0 cm³/mol. The molecule has 0 saturated carbocycles. The fourth-order valence-electron chi connectivity index (χ4n) is 3.94. The Kier molecular flexibility index (Phi) is 3.87. The standard InChI is InChI=1S/C18H22N4/c1-2-16(8-20-5-1)10-22-13-17-11-21(12-18(17)14-22)9-15-3-6-19-7-4-15/h1-8,17-18H,9-14H2/t17-,18+. The minimum absolute atomic E-state index is 0.832. The highest BCUT2D eigenvalue weighted by atomic mass is 15.2. The van der Waals surface area contributed by atoms with Crippen molar-refractivity contribution in [3.05, 3.63) is 60.2 Å². The van der Waals surface area contributed by atoms with Crippen LogP contribution in [0, 0.1) is 11.8 Å². The molecule has 4 heterocycles. The molecule has 0 bridgehead atoms. The van der Waals surface area contributed by atoms with Crippen LogP contribution in [0.1, 0.15) is 11.1 Å². The SMILES string of the molecule is c1cncc(CN2C[C@H]3CN(Cc4ccncc4)C[C@H]3C2)c1. The first-order valence-corrected chi connectivity index (χ1v) is 8.09. The number of rotatable bonds is 4. The lowest BCUT2D eigenvalue weighted by Crippen LogP contribution is -2.28. The van der Waals surface area contributed by atoms with E-state index in [0.29, 0.717) is 0 Å². The molecule has 0 spiro atoms. The molecular weight excluding hydrogens is 272 g/mol. The van der Waals surface area contributed by atoms with Crippen LogP contribution in [0.5, 0.6) is 0 Å². The van der Waals surface area contributed by atoms with Crippen molar-refractivity contribution < 1.29 is 0 Å². The van der Waals surface area contributed by atoms with Crippen LogP contribution >= 0.6 is 0 Å². The summed E-state index contributed by atoms with van der Waals surface area (Å²) >= 11 is 0. The number of fused-ring (bicyclic) bond motifs is 1. The summed E-state index contributed by atoms with van der Waals surface area (Å²) in [6, 6.07) is 8.46. The Morgan fingerprint density at radius 3 is 2.00 bits per heavy atom. The molecule has 0 radical (unpaired) electrons. The number of hydrogen-bond acceptors (Lipinski definition) is 4. The zero-order valence-electron chi connectivity index (χ0n) is 12.8. The molecule has 114 valence electrons. The average molecular weight is 294 g/mol. The van der Waals surface area contributed by atoms with Gasteiger partial charge in [-0.3, -0.25) is 19.8 Å². The fraction of sp³-hybridized carbons (Fsp3) is 0.444. The van der Waals surface area contributed by atoms with Crippen molar-refractivity contribution >= 4 is 0 Å². The van der Waals surface area contributed by atoms with E-state index in [1.807, 2.05) is 30.9 Å². The molecule has 0 unspecified atom stereocenters. The van der Waals surface area contributed by atoms with Gasteiger partial charge in [0, 0.05) is 64.1 Å². The van der Waals surface area contributed by atoms with Gasteiger partial charge in [-0.2, -0.15) is 0 Å². The summed E-state index contributed by atoms with van der Waals surface area (Å²) in [6.07, 6.45) is 7.62. The number of likely N-dealkylation sites (tertiary alicyclic amines) is 2. The maximum Gasteiger partial charge on any atom is 0.0312 e. The van der Waals surface area contributed by atoms with Crippen LogP contribution in [0.2, 0.25) is 0 Å². The van der Waals surface area contributed by atoms with Crippen molar-refractivity contribution in [2.75, 3.05) is 26.2 Å². The molecule has 2 fully saturated rings. The minimum atomic E-state index is 0.832. The topological polar surface area (TPSA) is 32.3 Å². The van der Waals surface area contributed by atoms with E-state index in [0.717, 1.165) is 24.9 Å². The van der Waals surface area contributed by atoms with Gasteiger partial charge in [0.25, 0.3) is 0 Å². The van der Waals surface area contributed by atoms with Gasteiger partial charge in [-0.25, -0.2) is 0 Å². The lowest BCUT2D eigenvalue weighted by Gasteiger charge is -2.21. The van der Waals surface area contributed by atoms with E-state index in [4.69, 9.17) is 0 Å². The van der Waals surface area contributed by atoms with Gasteiger partial charge in [0.2, 0.25) is 0 Å². The minimum Gasteiger partial charge on any atom is -0.298 e. The fourth-order valence-corrected chi connectivity index (χ4v) is 3.94. The number of nitrogens with zero attached hydrogens (tertiary/aromatic N) is 4.